The Morgan fingerprint density at radius 3 is 1.00 bits per heavy atom. The van der Waals surface area contributed by atoms with Gasteiger partial charge in [-0.3, -0.25) is 0 Å². The van der Waals surface area contributed by atoms with Crippen molar-refractivity contribution >= 4 is 0 Å². The van der Waals surface area contributed by atoms with Crippen molar-refractivity contribution in [3.05, 3.63) is 12.7 Å². The van der Waals surface area contributed by atoms with E-state index in [0.717, 1.165) is 0 Å². The Labute approximate surface area is 77.4 Å². The molecule has 0 saturated carbocycles. The SMILES string of the molecule is C=CC(F)(F)C(F)(C(F)(F)F)C(F)(F)F. The Morgan fingerprint density at radius 2 is 0.933 bits per heavy atom. The number of hydrogen-bond acceptors (Lipinski definition) is 0. The molecule has 0 heterocycles. The number of halogens is 9. The summed E-state index contributed by atoms with van der Waals surface area (Å²) < 4.78 is 107. The van der Waals surface area contributed by atoms with Crippen LogP contribution in [0.15, 0.2) is 12.7 Å². The lowest BCUT2D eigenvalue weighted by molar-refractivity contribution is -0.386. The summed E-state index contributed by atoms with van der Waals surface area (Å²) in [6.07, 6.45) is -14.6. The molecule has 0 nitrogen and oxygen atoms in total. The summed E-state index contributed by atoms with van der Waals surface area (Å²) in [5, 5.41) is 0. The molecule has 0 aliphatic carbocycles. The Kier molecular flexibility index (Phi) is 3.11. The summed E-state index contributed by atoms with van der Waals surface area (Å²) in [4.78, 5) is 0. The van der Waals surface area contributed by atoms with E-state index in [0.29, 0.717) is 0 Å². The highest BCUT2D eigenvalue weighted by Crippen LogP contribution is 2.54. The molecule has 0 N–H and O–H groups in total. The Morgan fingerprint density at radius 1 is 0.667 bits per heavy atom. The quantitative estimate of drug-likeness (QED) is 0.515. The van der Waals surface area contributed by atoms with Crippen LogP contribution in [0, 0.1) is 0 Å². The second kappa shape index (κ2) is 3.31. The van der Waals surface area contributed by atoms with Gasteiger partial charge in [-0.25, -0.2) is 4.39 Å². The molecule has 0 amide bonds. The molecule has 0 aromatic rings. The molecule has 0 aromatic heterocycles. The predicted molar refractivity (Wildman–Crippen MR) is 31.1 cm³/mol. The van der Waals surface area contributed by atoms with E-state index in [1.165, 1.54) is 0 Å². The first-order valence-electron chi connectivity index (χ1n) is 3.15. The predicted octanol–water partition coefficient (Wildman–Crippen LogP) is 3.64. The molecule has 0 fully saturated rings. The third kappa shape index (κ3) is 1.91. The van der Waals surface area contributed by atoms with Gasteiger partial charge < -0.3 is 0 Å². The van der Waals surface area contributed by atoms with Crippen LogP contribution in [0.4, 0.5) is 39.5 Å². The number of hydrogen-bond donors (Lipinski definition) is 0. The number of allylic oxidation sites excluding steroid dienone is 1. The standard InChI is InChI=1S/C6H3F9/c1-2-3(7,8)4(9,5(10,11)12)6(13,14)15/h2H,1H2. The van der Waals surface area contributed by atoms with Crippen LogP contribution < -0.4 is 0 Å². The topological polar surface area (TPSA) is 0 Å². The molecule has 0 unspecified atom stereocenters. The molecule has 0 aliphatic rings. The van der Waals surface area contributed by atoms with Crippen molar-refractivity contribution in [2.24, 2.45) is 0 Å². The lowest BCUT2D eigenvalue weighted by Gasteiger charge is -2.34. The van der Waals surface area contributed by atoms with Crippen LogP contribution in [0.5, 0.6) is 0 Å². The van der Waals surface area contributed by atoms with E-state index in [1.54, 1.807) is 0 Å². The normalized spacial score (nSPS) is 15.3. The van der Waals surface area contributed by atoms with Gasteiger partial charge in [0, 0.05) is 0 Å². The highest BCUT2D eigenvalue weighted by molar-refractivity contribution is 5.12. The van der Waals surface area contributed by atoms with Crippen LogP contribution in [0.1, 0.15) is 0 Å². The van der Waals surface area contributed by atoms with E-state index in [9.17, 15) is 39.5 Å². The average molecular weight is 246 g/mol. The molecule has 0 atom stereocenters. The second-order valence-corrected chi connectivity index (χ2v) is 2.48. The van der Waals surface area contributed by atoms with Crippen molar-refractivity contribution in [2.75, 3.05) is 0 Å². The van der Waals surface area contributed by atoms with E-state index in [1.807, 2.05) is 6.58 Å². The summed E-state index contributed by atoms with van der Waals surface area (Å²) in [6.45, 7) is 2.04. The van der Waals surface area contributed by atoms with Crippen molar-refractivity contribution in [3.63, 3.8) is 0 Å². The van der Waals surface area contributed by atoms with Gasteiger partial charge in [-0.1, -0.05) is 6.58 Å². The fourth-order valence-corrected chi connectivity index (χ4v) is 0.679. The largest absolute Gasteiger partial charge is 0.438 e. The molecule has 15 heavy (non-hydrogen) atoms. The van der Waals surface area contributed by atoms with Crippen molar-refractivity contribution in [1.82, 2.24) is 0 Å². The van der Waals surface area contributed by atoms with E-state index in [2.05, 4.69) is 0 Å². The van der Waals surface area contributed by atoms with Crippen LogP contribution in [0.2, 0.25) is 0 Å². The molecule has 0 saturated heterocycles. The highest BCUT2D eigenvalue weighted by atomic mass is 19.4. The van der Waals surface area contributed by atoms with E-state index in [4.69, 9.17) is 0 Å². The van der Waals surface area contributed by atoms with Crippen molar-refractivity contribution in [1.29, 1.82) is 0 Å². The van der Waals surface area contributed by atoms with Gasteiger partial charge >= 0.3 is 23.9 Å². The minimum atomic E-state index is -6.79. The zero-order valence-electron chi connectivity index (χ0n) is 6.69. The molecule has 0 rings (SSSR count). The summed E-state index contributed by atoms with van der Waals surface area (Å²) in [6, 6.07) is 0. The average Bonchev–Trinajstić information content (AvgIpc) is 1.98. The molecule has 0 spiro atoms. The van der Waals surface area contributed by atoms with Crippen molar-refractivity contribution in [2.45, 2.75) is 23.9 Å². The molecular formula is C6H3F9. The minimum absolute atomic E-state index is 1.03. The van der Waals surface area contributed by atoms with Gasteiger partial charge in [0.1, 0.15) is 0 Å². The molecule has 0 aromatic carbocycles. The number of alkyl halides is 9. The Hall–Kier alpha value is -0.890. The van der Waals surface area contributed by atoms with E-state index >= 15 is 0 Å². The molecule has 0 bridgehead atoms. The molecular weight excluding hydrogens is 243 g/mol. The fraction of sp³-hybridized carbons (Fsp3) is 0.667. The maximum atomic E-state index is 12.5. The first kappa shape index (κ1) is 14.1. The Balaban J connectivity index is 5.75. The van der Waals surface area contributed by atoms with Gasteiger partial charge in [0.2, 0.25) is 0 Å². The summed E-state index contributed by atoms with van der Waals surface area (Å²) in [5.41, 5.74) is -6.63. The van der Waals surface area contributed by atoms with Crippen molar-refractivity contribution in [3.8, 4) is 0 Å². The maximum Gasteiger partial charge on any atom is 0.438 e. The van der Waals surface area contributed by atoms with Crippen molar-refractivity contribution < 1.29 is 39.5 Å². The van der Waals surface area contributed by atoms with Gasteiger partial charge in [-0.2, -0.15) is 35.1 Å². The molecule has 9 heteroatoms. The smallest absolute Gasteiger partial charge is 0.216 e. The summed E-state index contributed by atoms with van der Waals surface area (Å²) in [5.74, 6) is -5.79. The monoisotopic (exact) mass is 246 g/mol. The fourth-order valence-electron chi connectivity index (χ4n) is 0.679. The lowest BCUT2D eigenvalue weighted by atomic mass is 9.96. The van der Waals surface area contributed by atoms with Crippen LogP contribution in [0.3, 0.4) is 0 Å². The first-order valence-corrected chi connectivity index (χ1v) is 3.15. The molecule has 0 radical (unpaired) electrons. The third-order valence-corrected chi connectivity index (χ3v) is 1.50. The van der Waals surface area contributed by atoms with Gasteiger partial charge in [0.25, 0.3) is 0 Å². The molecule has 0 aliphatic heterocycles. The van der Waals surface area contributed by atoms with Gasteiger partial charge in [-0.15, -0.1) is 0 Å². The third-order valence-electron chi connectivity index (χ3n) is 1.50. The summed E-state index contributed by atoms with van der Waals surface area (Å²) in [7, 11) is 0. The van der Waals surface area contributed by atoms with Crippen LogP contribution in [-0.4, -0.2) is 23.9 Å². The Bertz CT molecular complexity index is 230. The second-order valence-electron chi connectivity index (χ2n) is 2.48. The molecule has 90 valence electrons. The first-order chi connectivity index (χ1) is 6.31. The van der Waals surface area contributed by atoms with Gasteiger partial charge in [-0.05, 0) is 6.08 Å². The van der Waals surface area contributed by atoms with Crippen LogP contribution in [0.25, 0.3) is 0 Å². The number of rotatable bonds is 2. The zero-order valence-corrected chi connectivity index (χ0v) is 6.69. The highest BCUT2D eigenvalue weighted by Gasteiger charge is 2.83. The maximum absolute atomic E-state index is 12.5. The summed E-state index contributed by atoms with van der Waals surface area (Å²) >= 11 is 0. The lowest BCUT2D eigenvalue weighted by Crippen LogP contribution is -2.63. The van der Waals surface area contributed by atoms with Crippen LogP contribution >= 0.6 is 0 Å². The minimum Gasteiger partial charge on any atom is -0.216 e. The van der Waals surface area contributed by atoms with E-state index in [-0.39, 0.29) is 0 Å². The van der Waals surface area contributed by atoms with Gasteiger partial charge in [0.05, 0.1) is 0 Å². The van der Waals surface area contributed by atoms with E-state index < -0.39 is 30.0 Å². The van der Waals surface area contributed by atoms with Gasteiger partial charge in [0.15, 0.2) is 0 Å². The zero-order chi connectivity index (χ0) is 12.7. The van der Waals surface area contributed by atoms with Crippen LogP contribution in [-0.2, 0) is 0 Å².